The molecule has 29 heavy (non-hydrogen) atoms. The molecule has 2 aromatic carbocycles. The lowest BCUT2D eigenvalue weighted by atomic mass is 10.0. The van der Waals surface area contributed by atoms with Crippen molar-refractivity contribution in [1.82, 2.24) is 9.78 Å². The van der Waals surface area contributed by atoms with Gasteiger partial charge < -0.3 is 9.87 Å². The van der Waals surface area contributed by atoms with Crippen molar-refractivity contribution in [2.75, 3.05) is 11.6 Å². The summed E-state index contributed by atoms with van der Waals surface area (Å²) in [6.07, 6.45) is 1.60. The lowest BCUT2D eigenvalue weighted by Crippen LogP contribution is -2.28. The zero-order chi connectivity index (χ0) is 21.1. The molecule has 0 spiro atoms. The summed E-state index contributed by atoms with van der Waals surface area (Å²) in [5, 5.41) is 7.98. The number of Topliss-reactive ketones (excluding diaryl/α,β-unsaturated/α-hetero) is 1. The number of anilines is 2. The first-order valence-corrected chi connectivity index (χ1v) is 10.9. The van der Waals surface area contributed by atoms with Gasteiger partial charge in [-0.1, -0.05) is 17.7 Å². The highest BCUT2D eigenvalue weighted by Gasteiger charge is 2.22. The zero-order valence-corrected chi connectivity index (χ0v) is 17.8. The first-order valence-electron chi connectivity index (χ1n) is 8.94. The normalized spacial score (nSPS) is 11.9. The highest BCUT2D eigenvalue weighted by molar-refractivity contribution is 7.90. The second-order valence-corrected chi connectivity index (χ2v) is 8.21. The minimum Gasteiger partial charge on any atom is -0.612 e. The van der Waals surface area contributed by atoms with E-state index < -0.39 is 16.7 Å². The summed E-state index contributed by atoms with van der Waals surface area (Å²) in [6.45, 7) is 3.54. The molecule has 6 nitrogen and oxygen atoms in total. The summed E-state index contributed by atoms with van der Waals surface area (Å²) in [5.41, 5.74) is 1.58. The van der Waals surface area contributed by atoms with E-state index in [2.05, 4.69) is 10.4 Å². The molecule has 8 heteroatoms. The molecule has 1 N–H and O–H groups in total. The second-order valence-electron chi connectivity index (χ2n) is 6.39. The Balaban J connectivity index is 2.23. The van der Waals surface area contributed by atoms with Crippen LogP contribution in [0.15, 0.2) is 58.2 Å². The maximum Gasteiger partial charge on any atom is 0.291 e. The molecule has 0 saturated heterocycles. The van der Waals surface area contributed by atoms with Crippen LogP contribution in [0.3, 0.4) is 0 Å². The van der Waals surface area contributed by atoms with E-state index >= 15 is 0 Å². The van der Waals surface area contributed by atoms with Gasteiger partial charge in [0.1, 0.15) is 17.6 Å². The Kier molecular flexibility index (Phi) is 6.42. The minimum atomic E-state index is -1.12. The van der Waals surface area contributed by atoms with Gasteiger partial charge >= 0.3 is 0 Å². The highest BCUT2D eigenvalue weighted by Crippen LogP contribution is 2.29. The molecule has 0 fully saturated rings. The fourth-order valence-electron chi connectivity index (χ4n) is 2.96. The Labute approximate surface area is 176 Å². The lowest BCUT2D eigenvalue weighted by Gasteiger charge is -2.16. The largest absolute Gasteiger partial charge is 0.612 e. The molecule has 1 aromatic heterocycles. The van der Waals surface area contributed by atoms with Gasteiger partial charge in [0.25, 0.3) is 5.56 Å². The van der Waals surface area contributed by atoms with Crippen molar-refractivity contribution in [3.63, 3.8) is 0 Å². The van der Waals surface area contributed by atoms with Gasteiger partial charge in [0.05, 0.1) is 5.56 Å². The number of rotatable bonds is 6. The van der Waals surface area contributed by atoms with E-state index in [1.54, 1.807) is 61.7 Å². The van der Waals surface area contributed by atoms with Crippen LogP contribution in [0.1, 0.15) is 24.2 Å². The fourth-order valence-corrected chi connectivity index (χ4v) is 3.67. The van der Waals surface area contributed by atoms with Crippen LogP contribution in [-0.4, -0.2) is 26.4 Å². The van der Waals surface area contributed by atoms with Gasteiger partial charge in [-0.3, -0.25) is 9.59 Å². The number of nitrogens with one attached hydrogen (secondary N) is 1. The summed E-state index contributed by atoms with van der Waals surface area (Å²) in [6, 6.07) is 13.9. The van der Waals surface area contributed by atoms with Crippen LogP contribution in [0.5, 0.6) is 0 Å². The maximum absolute atomic E-state index is 13.0. The summed E-state index contributed by atoms with van der Waals surface area (Å²) >= 11 is 4.93. The fraction of sp³-hybridized carbons (Fsp3) is 0.190. The average molecular weight is 430 g/mol. The molecule has 0 amide bonds. The molecular weight excluding hydrogens is 410 g/mol. The average Bonchev–Trinajstić information content (AvgIpc) is 2.69. The van der Waals surface area contributed by atoms with E-state index in [0.717, 1.165) is 0 Å². The monoisotopic (exact) mass is 429 g/mol. The van der Waals surface area contributed by atoms with Crippen molar-refractivity contribution >= 4 is 39.9 Å². The zero-order valence-electron chi connectivity index (χ0n) is 16.2. The lowest BCUT2D eigenvalue weighted by molar-refractivity contribution is 0.101. The van der Waals surface area contributed by atoms with Gasteiger partial charge in [0, 0.05) is 22.8 Å². The molecule has 0 radical (unpaired) electrons. The van der Waals surface area contributed by atoms with Crippen LogP contribution in [0.2, 0.25) is 5.02 Å². The van der Waals surface area contributed by atoms with Crippen LogP contribution in [0, 0.1) is 0 Å². The standard InChI is InChI=1S/C21H20ClN3O3S/c1-4-25-21(27)20(23-16-7-5-6-15(22)12-16)18(13(2)26)19(24-25)14-8-10-17(11-9-14)29(3)28/h5-12,23H,4H2,1-3H3. The molecule has 1 unspecified atom stereocenters. The van der Waals surface area contributed by atoms with Gasteiger partial charge in [0.15, 0.2) is 10.7 Å². The van der Waals surface area contributed by atoms with Gasteiger partial charge in [-0.25, -0.2) is 4.68 Å². The number of hydrogen-bond acceptors (Lipinski definition) is 5. The Morgan fingerprint density at radius 1 is 1.24 bits per heavy atom. The van der Waals surface area contributed by atoms with Gasteiger partial charge in [-0.2, -0.15) is 5.10 Å². The van der Waals surface area contributed by atoms with E-state index in [9.17, 15) is 14.1 Å². The molecule has 0 saturated carbocycles. The van der Waals surface area contributed by atoms with Crippen LogP contribution in [0.4, 0.5) is 11.4 Å². The Hall–Kier alpha value is -2.61. The minimum absolute atomic E-state index is 0.148. The van der Waals surface area contributed by atoms with Crippen molar-refractivity contribution < 1.29 is 9.35 Å². The maximum atomic E-state index is 13.0. The third-order valence-corrected chi connectivity index (χ3v) is 5.53. The van der Waals surface area contributed by atoms with Crippen molar-refractivity contribution in [3.05, 3.63) is 69.5 Å². The summed E-state index contributed by atoms with van der Waals surface area (Å²) in [4.78, 5) is 26.2. The van der Waals surface area contributed by atoms with E-state index in [0.29, 0.717) is 33.4 Å². The van der Waals surface area contributed by atoms with Crippen molar-refractivity contribution in [3.8, 4) is 11.3 Å². The number of carbonyl (C=O) groups is 1. The van der Waals surface area contributed by atoms with Gasteiger partial charge in [-0.05, 0) is 67.5 Å². The second kappa shape index (κ2) is 8.82. The number of benzene rings is 2. The molecule has 150 valence electrons. The SMILES string of the molecule is CCn1nc(-c2ccc([S+](C)[O-])cc2)c(C(C)=O)c(Nc2cccc(Cl)c2)c1=O. The number of hydrogen-bond donors (Lipinski definition) is 1. The molecule has 1 heterocycles. The number of carbonyl (C=O) groups excluding carboxylic acids is 1. The third kappa shape index (κ3) is 4.53. The highest BCUT2D eigenvalue weighted by atomic mass is 35.5. The first kappa shape index (κ1) is 21.1. The van der Waals surface area contributed by atoms with Gasteiger partial charge in [-0.15, -0.1) is 0 Å². The molecule has 3 rings (SSSR count). The number of nitrogens with zero attached hydrogens (tertiary/aromatic N) is 2. The van der Waals surface area contributed by atoms with E-state index in [-0.39, 0.29) is 17.0 Å². The molecule has 1 atom stereocenters. The summed E-state index contributed by atoms with van der Waals surface area (Å²) in [7, 11) is 0. The number of aromatic nitrogens is 2. The van der Waals surface area contributed by atoms with Crippen molar-refractivity contribution in [2.45, 2.75) is 25.3 Å². The molecule has 0 aliphatic carbocycles. The van der Waals surface area contributed by atoms with Crippen molar-refractivity contribution in [1.29, 1.82) is 0 Å². The van der Waals surface area contributed by atoms with Crippen LogP contribution >= 0.6 is 11.6 Å². The predicted molar refractivity (Wildman–Crippen MR) is 117 cm³/mol. The summed E-state index contributed by atoms with van der Waals surface area (Å²) in [5.74, 6) is -0.291. The Morgan fingerprint density at radius 2 is 1.93 bits per heavy atom. The molecule has 3 aromatic rings. The van der Waals surface area contributed by atoms with Crippen LogP contribution in [0.25, 0.3) is 11.3 Å². The number of ketones is 1. The van der Waals surface area contributed by atoms with E-state index in [1.807, 2.05) is 0 Å². The predicted octanol–water partition coefficient (Wildman–Crippen LogP) is 4.27. The first-order chi connectivity index (χ1) is 13.8. The van der Waals surface area contributed by atoms with E-state index in [1.165, 1.54) is 11.6 Å². The Morgan fingerprint density at radius 3 is 2.48 bits per heavy atom. The molecule has 0 aliphatic heterocycles. The number of aryl methyl sites for hydroxylation is 1. The number of halogens is 1. The van der Waals surface area contributed by atoms with Crippen LogP contribution < -0.4 is 10.9 Å². The smallest absolute Gasteiger partial charge is 0.291 e. The Bertz CT molecular complexity index is 1110. The van der Waals surface area contributed by atoms with Crippen LogP contribution in [-0.2, 0) is 17.7 Å². The topological polar surface area (TPSA) is 87.0 Å². The van der Waals surface area contributed by atoms with E-state index in [4.69, 9.17) is 11.6 Å². The molecule has 0 aliphatic rings. The van der Waals surface area contributed by atoms with Crippen molar-refractivity contribution in [2.24, 2.45) is 0 Å². The van der Waals surface area contributed by atoms with Gasteiger partial charge in [0.2, 0.25) is 0 Å². The molecular formula is C21H20ClN3O3S. The summed E-state index contributed by atoms with van der Waals surface area (Å²) < 4.78 is 13.0. The quantitative estimate of drug-likeness (QED) is 0.467. The third-order valence-electron chi connectivity index (χ3n) is 4.36. The molecule has 0 bridgehead atoms.